The quantitative estimate of drug-likeness (QED) is 0.696. The van der Waals surface area contributed by atoms with Crippen LogP contribution in [0.1, 0.15) is 36.8 Å². The van der Waals surface area contributed by atoms with E-state index in [9.17, 15) is 13.2 Å². The van der Waals surface area contributed by atoms with Crippen molar-refractivity contribution in [2.45, 2.75) is 44.4 Å². The number of anilines is 1. The minimum atomic E-state index is -3.87. The third kappa shape index (κ3) is 5.26. The van der Waals surface area contributed by atoms with E-state index in [0.29, 0.717) is 12.2 Å². The first kappa shape index (κ1) is 21.1. The molecule has 154 valence electrons. The van der Waals surface area contributed by atoms with Gasteiger partial charge < -0.3 is 5.32 Å². The van der Waals surface area contributed by atoms with Crippen molar-refractivity contribution in [3.05, 3.63) is 71.3 Å². The third-order valence-corrected chi connectivity index (χ3v) is 6.91. The highest BCUT2D eigenvalue weighted by Gasteiger charge is 2.28. The maximum absolute atomic E-state index is 13.3. The number of hydrogen-bond acceptors (Lipinski definition) is 3. The molecule has 1 aliphatic rings. The summed E-state index contributed by atoms with van der Waals surface area (Å²) in [6, 6.07) is 13.8. The molecule has 1 N–H and O–H groups in total. The number of carbonyl (C=O) groups is 1. The van der Waals surface area contributed by atoms with Crippen molar-refractivity contribution in [1.29, 1.82) is 0 Å². The van der Waals surface area contributed by atoms with Gasteiger partial charge in [0.1, 0.15) is 6.54 Å². The monoisotopic (exact) mass is 412 g/mol. The lowest BCUT2D eigenvalue weighted by molar-refractivity contribution is -0.119. The SMILES string of the molecule is Cc1ccc(N(CC(=O)NCC2=CCCCC2)S(=O)(=O)c2ccccc2)c(C)c1. The molecule has 1 amide bonds. The Hall–Kier alpha value is -2.60. The lowest BCUT2D eigenvalue weighted by Gasteiger charge is -2.26. The van der Waals surface area contributed by atoms with Crippen molar-refractivity contribution in [1.82, 2.24) is 5.32 Å². The van der Waals surface area contributed by atoms with Gasteiger partial charge in [-0.05, 0) is 63.3 Å². The van der Waals surface area contributed by atoms with E-state index in [2.05, 4.69) is 11.4 Å². The van der Waals surface area contributed by atoms with Gasteiger partial charge in [0.15, 0.2) is 0 Å². The highest BCUT2D eigenvalue weighted by atomic mass is 32.2. The van der Waals surface area contributed by atoms with Crippen molar-refractivity contribution in [3.63, 3.8) is 0 Å². The number of amides is 1. The molecule has 6 heteroatoms. The summed E-state index contributed by atoms with van der Waals surface area (Å²) in [7, 11) is -3.87. The molecule has 0 aliphatic heterocycles. The average molecular weight is 413 g/mol. The van der Waals surface area contributed by atoms with Gasteiger partial charge in [0.05, 0.1) is 10.6 Å². The van der Waals surface area contributed by atoms with E-state index in [1.165, 1.54) is 16.3 Å². The maximum Gasteiger partial charge on any atom is 0.264 e. The highest BCUT2D eigenvalue weighted by Crippen LogP contribution is 2.27. The molecule has 2 aromatic carbocycles. The first-order valence-electron chi connectivity index (χ1n) is 9.97. The van der Waals surface area contributed by atoms with Gasteiger partial charge >= 0.3 is 0 Å². The van der Waals surface area contributed by atoms with Gasteiger partial charge in [-0.1, -0.05) is 47.5 Å². The molecule has 3 rings (SSSR count). The molecule has 5 nitrogen and oxygen atoms in total. The normalized spacial score (nSPS) is 14.2. The standard InChI is InChI=1S/C23H28N2O3S/c1-18-13-14-22(19(2)15-18)25(29(27,28)21-11-7-4-8-12-21)17-23(26)24-16-20-9-5-3-6-10-20/h4,7-9,11-15H,3,5-6,10,16-17H2,1-2H3,(H,24,26). The van der Waals surface area contributed by atoms with Crippen LogP contribution in [0.25, 0.3) is 0 Å². The number of hydrogen-bond donors (Lipinski definition) is 1. The number of benzene rings is 2. The minimum Gasteiger partial charge on any atom is -0.351 e. The average Bonchev–Trinajstić information content (AvgIpc) is 2.72. The summed E-state index contributed by atoms with van der Waals surface area (Å²) in [5, 5.41) is 2.89. The molecule has 0 radical (unpaired) electrons. The van der Waals surface area contributed by atoms with Crippen LogP contribution in [0.3, 0.4) is 0 Å². The Bertz CT molecular complexity index is 998. The zero-order valence-electron chi connectivity index (χ0n) is 17.0. The summed E-state index contributed by atoms with van der Waals surface area (Å²) in [6.07, 6.45) is 6.53. The molecule has 0 saturated carbocycles. The number of aryl methyl sites for hydroxylation is 2. The second-order valence-electron chi connectivity index (χ2n) is 7.50. The number of allylic oxidation sites excluding steroid dienone is 1. The van der Waals surface area contributed by atoms with Crippen molar-refractivity contribution >= 4 is 21.6 Å². The van der Waals surface area contributed by atoms with E-state index in [-0.39, 0.29) is 17.3 Å². The van der Waals surface area contributed by atoms with Gasteiger partial charge in [0.25, 0.3) is 10.0 Å². The molecule has 0 unspecified atom stereocenters. The Morgan fingerprint density at radius 3 is 2.48 bits per heavy atom. The number of rotatable bonds is 7. The molecular weight excluding hydrogens is 384 g/mol. The van der Waals surface area contributed by atoms with E-state index >= 15 is 0 Å². The van der Waals surface area contributed by atoms with Crippen molar-refractivity contribution in [2.24, 2.45) is 0 Å². The van der Waals surface area contributed by atoms with Crippen LogP contribution < -0.4 is 9.62 Å². The van der Waals surface area contributed by atoms with Crippen LogP contribution >= 0.6 is 0 Å². The van der Waals surface area contributed by atoms with Crippen molar-refractivity contribution in [2.75, 3.05) is 17.4 Å². The highest BCUT2D eigenvalue weighted by molar-refractivity contribution is 7.92. The summed E-state index contributed by atoms with van der Waals surface area (Å²) in [5.74, 6) is -0.309. The molecule has 0 bridgehead atoms. The van der Waals surface area contributed by atoms with Gasteiger partial charge in [-0.15, -0.1) is 0 Å². The fourth-order valence-electron chi connectivity index (χ4n) is 3.57. The maximum atomic E-state index is 13.3. The fraction of sp³-hybridized carbons (Fsp3) is 0.348. The first-order valence-corrected chi connectivity index (χ1v) is 11.4. The zero-order chi connectivity index (χ0) is 20.9. The van der Waals surface area contributed by atoms with Crippen molar-refractivity contribution < 1.29 is 13.2 Å². The number of nitrogens with one attached hydrogen (secondary N) is 1. The van der Waals surface area contributed by atoms with Crippen molar-refractivity contribution in [3.8, 4) is 0 Å². The predicted molar refractivity (Wildman–Crippen MR) is 116 cm³/mol. The molecule has 0 heterocycles. The lowest BCUT2D eigenvalue weighted by Crippen LogP contribution is -2.41. The molecule has 0 atom stereocenters. The summed E-state index contributed by atoms with van der Waals surface area (Å²) in [6.45, 7) is 4.04. The predicted octanol–water partition coefficient (Wildman–Crippen LogP) is 4.12. The van der Waals surface area contributed by atoms with Crippen LogP contribution in [0.2, 0.25) is 0 Å². The zero-order valence-corrected chi connectivity index (χ0v) is 17.8. The molecular formula is C23H28N2O3S. The summed E-state index contributed by atoms with van der Waals surface area (Å²) < 4.78 is 27.9. The molecule has 0 saturated heterocycles. The van der Waals surface area contributed by atoms with Crippen LogP contribution in [0.5, 0.6) is 0 Å². The molecule has 29 heavy (non-hydrogen) atoms. The van der Waals surface area contributed by atoms with E-state index in [4.69, 9.17) is 0 Å². The van der Waals surface area contributed by atoms with E-state index in [0.717, 1.165) is 30.4 Å². The molecule has 0 fully saturated rings. The Balaban J connectivity index is 1.86. The fourth-order valence-corrected chi connectivity index (χ4v) is 5.07. The van der Waals surface area contributed by atoms with Gasteiger partial charge in [-0.25, -0.2) is 8.42 Å². The van der Waals surface area contributed by atoms with E-state index in [1.807, 2.05) is 26.0 Å². The van der Waals surface area contributed by atoms with Crippen LogP contribution in [0.4, 0.5) is 5.69 Å². The largest absolute Gasteiger partial charge is 0.351 e. The van der Waals surface area contributed by atoms with Gasteiger partial charge in [0.2, 0.25) is 5.91 Å². The first-order chi connectivity index (χ1) is 13.9. The van der Waals surface area contributed by atoms with Crippen LogP contribution in [0, 0.1) is 13.8 Å². The van der Waals surface area contributed by atoms with Gasteiger partial charge in [-0.2, -0.15) is 0 Å². The molecule has 0 aromatic heterocycles. The second-order valence-corrected chi connectivity index (χ2v) is 9.36. The van der Waals surface area contributed by atoms with Gasteiger partial charge in [0, 0.05) is 6.54 Å². The Labute approximate surface area is 173 Å². The van der Waals surface area contributed by atoms with E-state index in [1.54, 1.807) is 36.4 Å². The molecule has 0 spiro atoms. The van der Waals surface area contributed by atoms with E-state index < -0.39 is 10.0 Å². The van der Waals surface area contributed by atoms with Crippen LogP contribution in [-0.4, -0.2) is 27.4 Å². The second kappa shape index (κ2) is 9.27. The van der Waals surface area contributed by atoms with Crippen LogP contribution in [0.15, 0.2) is 65.1 Å². The summed E-state index contributed by atoms with van der Waals surface area (Å²) in [5.41, 5.74) is 3.59. The number of nitrogens with zero attached hydrogens (tertiary/aromatic N) is 1. The Morgan fingerprint density at radius 2 is 1.83 bits per heavy atom. The van der Waals surface area contributed by atoms with Crippen LogP contribution in [-0.2, 0) is 14.8 Å². The smallest absolute Gasteiger partial charge is 0.264 e. The van der Waals surface area contributed by atoms with Gasteiger partial charge in [-0.3, -0.25) is 9.10 Å². The number of sulfonamides is 1. The summed E-state index contributed by atoms with van der Waals surface area (Å²) in [4.78, 5) is 12.9. The Kier molecular flexibility index (Phi) is 6.75. The Morgan fingerprint density at radius 1 is 1.07 bits per heavy atom. The number of carbonyl (C=O) groups excluding carboxylic acids is 1. The third-order valence-electron chi connectivity index (χ3n) is 5.14. The topological polar surface area (TPSA) is 66.5 Å². The molecule has 2 aromatic rings. The molecule has 1 aliphatic carbocycles. The lowest BCUT2D eigenvalue weighted by atomic mass is 10.00. The summed E-state index contributed by atoms with van der Waals surface area (Å²) >= 11 is 0. The minimum absolute atomic E-state index is 0.169.